The summed E-state index contributed by atoms with van der Waals surface area (Å²) in [4.78, 5) is 8.20. The minimum atomic E-state index is -3.48. The second-order valence-electron chi connectivity index (χ2n) is 6.69. The van der Waals surface area contributed by atoms with Crippen molar-refractivity contribution in [2.75, 3.05) is 11.5 Å². The molecule has 27 heavy (non-hydrogen) atoms. The van der Waals surface area contributed by atoms with Gasteiger partial charge in [0.1, 0.15) is 11.6 Å². The predicted molar refractivity (Wildman–Crippen MR) is 104 cm³/mol. The van der Waals surface area contributed by atoms with E-state index in [-0.39, 0.29) is 27.9 Å². The zero-order valence-electron chi connectivity index (χ0n) is 15.1. The summed E-state index contributed by atoms with van der Waals surface area (Å²) in [5.74, 6) is -0.236. The molecule has 0 spiro atoms. The van der Waals surface area contributed by atoms with Crippen LogP contribution in [0.4, 0.5) is 10.2 Å². The standard InChI is InChI=1S/C20H20FN3O2S/c1-13(2)12-27(25,26)19-6-4-3-5-15(19)14-7-8-16(17(21)9-14)18-10-24-20(22)11-23-18/h3-11,13H,12H2,1-2H3,(H2,22,24). The summed E-state index contributed by atoms with van der Waals surface area (Å²) < 4.78 is 40.1. The molecule has 0 amide bonds. The lowest BCUT2D eigenvalue weighted by molar-refractivity contribution is 0.582. The summed E-state index contributed by atoms with van der Waals surface area (Å²) in [7, 11) is -3.48. The molecule has 7 heteroatoms. The summed E-state index contributed by atoms with van der Waals surface area (Å²) in [6.45, 7) is 3.70. The maximum absolute atomic E-state index is 14.7. The van der Waals surface area contributed by atoms with Crippen LogP contribution < -0.4 is 5.73 Å². The summed E-state index contributed by atoms with van der Waals surface area (Å²) >= 11 is 0. The van der Waals surface area contributed by atoms with Crippen molar-refractivity contribution in [3.63, 3.8) is 0 Å². The first kappa shape index (κ1) is 19.0. The summed E-state index contributed by atoms with van der Waals surface area (Å²) in [5, 5.41) is 0. The first-order chi connectivity index (χ1) is 12.8. The quantitative estimate of drug-likeness (QED) is 0.718. The first-order valence-electron chi connectivity index (χ1n) is 8.47. The van der Waals surface area contributed by atoms with E-state index in [1.165, 1.54) is 18.5 Å². The molecule has 2 N–H and O–H groups in total. The van der Waals surface area contributed by atoms with E-state index in [4.69, 9.17) is 5.73 Å². The summed E-state index contributed by atoms with van der Waals surface area (Å²) in [6, 6.07) is 11.2. The Morgan fingerprint density at radius 2 is 1.78 bits per heavy atom. The monoisotopic (exact) mass is 385 g/mol. The second kappa shape index (κ2) is 7.44. The lowest BCUT2D eigenvalue weighted by Crippen LogP contribution is -2.12. The van der Waals surface area contributed by atoms with Crippen LogP contribution in [0.15, 0.2) is 59.8 Å². The fraction of sp³-hybridized carbons (Fsp3) is 0.200. The van der Waals surface area contributed by atoms with E-state index in [2.05, 4.69) is 9.97 Å². The fourth-order valence-corrected chi connectivity index (χ4v) is 4.74. The maximum atomic E-state index is 14.7. The molecular weight excluding hydrogens is 365 g/mol. The van der Waals surface area contributed by atoms with Crippen molar-refractivity contribution in [1.82, 2.24) is 9.97 Å². The van der Waals surface area contributed by atoms with E-state index in [0.29, 0.717) is 16.8 Å². The molecule has 0 fully saturated rings. The third-order valence-electron chi connectivity index (χ3n) is 4.00. The Hall–Kier alpha value is -2.80. The normalized spacial score (nSPS) is 11.7. The van der Waals surface area contributed by atoms with Gasteiger partial charge in [-0.05, 0) is 29.7 Å². The van der Waals surface area contributed by atoms with Crippen LogP contribution >= 0.6 is 0 Å². The minimum Gasteiger partial charge on any atom is -0.382 e. The number of hydrogen-bond donors (Lipinski definition) is 1. The van der Waals surface area contributed by atoms with E-state index >= 15 is 0 Å². The number of rotatable bonds is 5. The van der Waals surface area contributed by atoms with Crippen molar-refractivity contribution in [3.05, 3.63) is 60.7 Å². The summed E-state index contributed by atoms with van der Waals surface area (Å²) in [5.41, 5.74) is 7.11. The van der Waals surface area contributed by atoms with Crippen LogP contribution in [0.3, 0.4) is 0 Å². The number of benzene rings is 2. The number of sulfone groups is 1. The lowest BCUT2D eigenvalue weighted by Gasteiger charge is -2.13. The van der Waals surface area contributed by atoms with E-state index in [1.54, 1.807) is 36.4 Å². The molecule has 3 rings (SSSR count). The Morgan fingerprint density at radius 3 is 2.41 bits per heavy atom. The second-order valence-corrected chi connectivity index (χ2v) is 8.70. The Labute approximate surface area is 158 Å². The van der Waals surface area contributed by atoms with E-state index in [9.17, 15) is 12.8 Å². The van der Waals surface area contributed by atoms with Crippen molar-refractivity contribution in [2.24, 2.45) is 5.92 Å². The Balaban J connectivity index is 2.06. The molecule has 2 aromatic carbocycles. The van der Waals surface area contributed by atoms with Crippen LogP contribution in [0, 0.1) is 11.7 Å². The number of halogens is 1. The number of nitrogens with zero attached hydrogens (tertiary/aromatic N) is 2. The number of nitrogens with two attached hydrogens (primary N) is 1. The zero-order valence-corrected chi connectivity index (χ0v) is 15.9. The highest BCUT2D eigenvalue weighted by molar-refractivity contribution is 7.91. The Kier molecular flexibility index (Phi) is 5.23. The average molecular weight is 385 g/mol. The van der Waals surface area contributed by atoms with Crippen LogP contribution in [-0.2, 0) is 9.84 Å². The molecule has 0 aliphatic carbocycles. The largest absolute Gasteiger partial charge is 0.382 e. The first-order valence-corrected chi connectivity index (χ1v) is 10.1. The Morgan fingerprint density at radius 1 is 1.04 bits per heavy atom. The fourth-order valence-electron chi connectivity index (χ4n) is 2.87. The summed E-state index contributed by atoms with van der Waals surface area (Å²) in [6.07, 6.45) is 2.75. The number of nitrogen functional groups attached to an aromatic ring is 1. The highest BCUT2D eigenvalue weighted by atomic mass is 32.2. The van der Waals surface area contributed by atoms with E-state index in [0.717, 1.165) is 0 Å². The molecular formula is C20H20FN3O2S. The molecule has 0 aliphatic heterocycles. The molecule has 0 unspecified atom stereocenters. The molecule has 0 saturated heterocycles. The topological polar surface area (TPSA) is 85.9 Å². The van der Waals surface area contributed by atoms with Crippen molar-refractivity contribution in [3.8, 4) is 22.4 Å². The number of hydrogen-bond acceptors (Lipinski definition) is 5. The van der Waals surface area contributed by atoms with Crippen LogP contribution in [-0.4, -0.2) is 24.1 Å². The molecule has 1 heterocycles. The van der Waals surface area contributed by atoms with Gasteiger partial charge in [-0.25, -0.2) is 17.8 Å². The van der Waals surface area contributed by atoms with E-state index < -0.39 is 15.7 Å². The van der Waals surface area contributed by atoms with Crippen molar-refractivity contribution < 1.29 is 12.8 Å². The van der Waals surface area contributed by atoms with Gasteiger partial charge in [0.15, 0.2) is 9.84 Å². The maximum Gasteiger partial charge on any atom is 0.179 e. The number of anilines is 1. The molecule has 0 bridgehead atoms. The Bertz CT molecular complexity index is 1060. The van der Waals surface area contributed by atoms with Gasteiger partial charge in [-0.3, -0.25) is 4.98 Å². The van der Waals surface area contributed by atoms with Gasteiger partial charge in [0.25, 0.3) is 0 Å². The van der Waals surface area contributed by atoms with Gasteiger partial charge in [0, 0.05) is 11.1 Å². The highest BCUT2D eigenvalue weighted by Gasteiger charge is 2.21. The minimum absolute atomic E-state index is 0.00809. The van der Waals surface area contributed by atoms with Gasteiger partial charge in [0.2, 0.25) is 0 Å². The van der Waals surface area contributed by atoms with Crippen molar-refractivity contribution in [1.29, 1.82) is 0 Å². The van der Waals surface area contributed by atoms with Gasteiger partial charge in [0.05, 0.1) is 28.7 Å². The molecule has 1 aromatic heterocycles. The number of aromatic nitrogens is 2. The van der Waals surface area contributed by atoms with Gasteiger partial charge in [-0.1, -0.05) is 38.1 Å². The molecule has 0 atom stereocenters. The molecule has 3 aromatic rings. The molecule has 5 nitrogen and oxygen atoms in total. The zero-order chi connectivity index (χ0) is 19.6. The molecule has 0 saturated carbocycles. The molecule has 0 radical (unpaired) electrons. The van der Waals surface area contributed by atoms with Crippen LogP contribution in [0.1, 0.15) is 13.8 Å². The van der Waals surface area contributed by atoms with Crippen LogP contribution in [0.5, 0.6) is 0 Å². The smallest absolute Gasteiger partial charge is 0.179 e. The molecule has 140 valence electrons. The van der Waals surface area contributed by atoms with Crippen LogP contribution in [0.25, 0.3) is 22.4 Å². The lowest BCUT2D eigenvalue weighted by atomic mass is 10.0. The van der Waals surface area contributed by atoms with Gasteiger partial charge in [-0.15, -0.1) is 0 Å². The van der Waals surface area contributed by atoms with Gasteiger partial charge in [-0.2, -0.15) is 0 Å². The third kappa shape index (κ3) is 4.14. The van der Waals surface area contributed by atoms with Crippen LogP contribution in [0.2, 0.25) is 0 Å². The van der Waals surface area contributed by atoms with Crippen molar-refractivity contribution >= 4 is 15.7 Å². The highest BCUT2D eigenvalue weighted by Crippen LogP contribution is 2.32. The third-order valence-corrected chi connectivity index (χ3v) is 6.13. The molecule has 0 aliphatic rings. The SMILES string of the molecule is CC(C)CS(=O)(=O)c1ccccc1-c1ccc(-c2cnc(N)cn2)c(F)c1. The van der Waals surface area contributed by atoms with Crippen molar-refractivity contribution in [2.45, 2.75) is 18.7 Å². The van der Waals surface area contributed by atoms with Gasteiger partial charge < -0.3 is 5.73 Å². The predicted octanol–water partition coefficient (Wildman–Crippen LogP) is 3.96. The van der Waals surface area contributed by atoms with E-state index in [1.807, 2.05) is 13.8 Å². The average Bonchev–Trinajstić information content (AvgIpc) is 2.61. The van der Waals surface area contributed by atoms with Gasteiger partial charge >= 0.3 is 0 Å².